The molecular weight excluding hydrogens is 326 g/mol. The third kappa shape index (κ3) is 5.02. The molecule has 1 fully saturated rings. The molecule has 1 aliphatic heterocycles. The molecule has 0 aliphatic carbocycles. The van der Waals surface area contributed by atoms with Crippen LogP contribution in [-0.4, -0.2) is 48.0 Å². The zero-order valence-corrected chi connectivity index (χ0v) is 15.6. The molecule has 0 bridgehead atoms. The van der Waals surface area contributed by atoms with Crippen molar-refractivity contribution in [3.8, 4) is 0 Å². The van der Waals surface area contributed by atoms with Gasteiger partial charge in [0, 0.05) is 38.6 Å². The van der Waals surface area contributed by atoms with Crippen LogP contribution in [-0.2, 0) is 17.9 Å². The van der Waals surface area contributed by atoms with Gasteiger partial charge in [0.05, 0.1) is 5.92 Å². The maximum Gasteiger partial charge on any atom is 0.225 e. The second-order valence-electron chi connectivity index (χ2n) is 7.11. The largest absolute Gasteiger partial charge is 0.352 e. The van der Waals surface area contributed by atoms with Crippen LogP contribution in [0.15, 0.2) is 42.7 Å². The molecule has 1 aromatic heterocycles. The fourth-order valence-electron chi connectivity index (χ4n) is 3.29. The zero-order chi connectivity index (χ0) is 18.4. The first kappa shape index (κ1) is 18.3. The lowest BCUT2D eigenvalue weighted by Gasteiger charge is -2.31. The van der Waals surface area contributed by atoms with Crippen molar-refractivity contribution >= 4 is 11.9 Å². The monoisotopic (exact) mass is 353 g/mol. The van der Waals surface area contributed by atoms with E-state index in [4.69, 9.17) is 0 Å². The summed E-state index contributed by atoms with van der Waals surface area (Å²) >= 11 is 0. The Kier molecular flexibility index (Phi) is 6.17. The number of hydrogen-bond acceptors (Lipinski definition) is 5. The molecule has 0 spiro atoms. The average Bonchev–Trinajstić information content (AvgIpc) is 2.67. The van der Waals surface area contributed by atoms with Gasteiger partial charge in [-0.1, -0.05) is 24.3 Å². The van der Waals surface area contributed by atoms with Crippen molar-refractivity contribution in [3.05, 3.63) is 53.9 Å². The highest BCUT2D eigenvalue weighted by atomic mass is 16.1. The van der Waals surface area contributed by atoms with Gasteiger partial charge in [-0.25, -0.2) is 9.97 Å². The Morgan fingerprint density at radius 2 is 1.88 bits per heavy atom. The number of nitrogens with zero attached hydrogens (tertiary/aromatic N) is 4. The quantitative estimate of drug-likeness (QED) is 0.861. The number of aromatic nitrogens is 2. The molecule has 0 radical (unpaired) electrons. The lowest BCUT2D eigenvalue weighted by molar-refractivity contribution is -0.125. The first-order valence-corrected chi connectivity index (χ1v) is 9.14. The maximum absolute atomic E-state index is 12.6. The summed E-state index contributed by atoms with van der Waals surface area (Å²) in [5.41, 5.74) is 2.40. The first-order chi connectivity index (χ1) is 12.6. The first-order valence-electron chi connectivity index (χ1n) is 9.14. The molecule has 1 aliphatic rings. The summed E-state index contributed by atoms with van der Waals surface area (Å²) in [5, 5.41) is 3.08. The molecule has 6 heteroatoms. The van der Waals surface area contributed by atoms with Gasteiger partial charge in [-0.3, -0.25) is 4.79 Å². The molecule has 2 heterocycles. The summed E-state index contributed by atoms with van der Waals surface area (Å²) in [5.74, 6) is 0.810. The predicted molar refractivity (Wildman–Crippen MR) is 103 cm³/mol. The van der Waals surface area contributed by atoms with Crippen molar-refractivity contribution in [2.75, 3.05) is 32.1 Å². The van der Waals surface area contributed by atoms with Crippen molar-refractivity contribution in [2.24, 2.45) is 5.92 Å². The third-order valence-electron chi connectivity index (χ3n) is 4.62. The number of amides is 1. The van der Waals surface area contributed by atoms with Crippen LogP contribution < -0.4 is 10.2 Å². The van der Waals surface area contributed by atoms with Crippen LogP contribution >= 0.6 is 0 Å². The predicted octanol–water partition coefficient (Wildman–Crippen LogP) is 2.07. The second-order valence-corrected chi connectivity index (χ2v) is 7.11. The molecular formula is C20H27N5O. The highest BCUT2D eigenvalue weighted by molar-refractivity contribution is 5.79. The Labute approximate surface area is 155 Å². The van der Waals surface area contributed by atoms with Crippen LogP contribution in [0.25, 0.3) is 0 Å². The van der Waals surface area contributed by atoms with Gasteiger partial charge in [-0.05, 0) is 44.1 Å². The minimum absolute atomic E-state index is 0.0134. The van der Waals surface area contributed by atoms with Crippen LogP contribution in [0.1, 0.15) is 24.0 Å². The minimum Gasteiger partial charge on any atom is -0.352 e. The summed E-state index contributed by atoms with van der Waals surface area (Å²) in [4.78, 5) is 25.4. The van der Waals surface area contributed by atoms with Crippen LogP contribution in [0, 0.1) is 5.92 Å². The van der Waals surface area contributed by atoms with E-state index in [1.165, 1.54) is 5.56 Å². The molecule has 1 atom stereocenters. The molecule has 3 rings (SSSR count). The molecule has 1 unspecified atom stereocenters. The van der Waals surface area contributed by atoms with E-state index in [2.05, 4.69) is 63.4 Å². The molecule has 0 saturated carbocycles. The Hall–Kier alpha value is -2.47. The fraction of sp³-hybridized carbons (Fsp3) is 0.450. The van der Waals surface area contributed by atoms with E-state index in [9.17, 15) is 4.79 Å². The van der Waals surface area contributed by atoms with Crippen LogP contribution in [0.4, 0.5) is 5.95 Å². The van der Waals surface area contributed by atoms with E-state index in [0.29, 0.717) is 19.0 Å². The normalized spacial score (nSPS) is 17.3. The standard InChI is InChI=1S/C20H27N5O/c1-24(2)14-17-8-6-16(7-9-17)13-23-19(26)18-5-3-12-25(15-18)20-21-10-4-11-22-20/h4,6-11,18H,3,5,12-15H2,1-2H3,(H,23,26). The maximum atomic E-state index is 12.6. The smallest absolute Gasteiger partial charge is 0.225 e. The Balaban J connectivity index is 1.51. The molecule has 1 saturated heterocycles. The molecule has 138 valence electrons. The molecule has 26 heavy (non-hydrogen) atoms. The van der Waals surface area contributed by atoms with Gasteiger partial charge in [0.2, 0.25) is 11.9 Å². The molecule has 2 aromatic rings. The minimum atomic E-state index is -0.0134. The van der Waals surface area contributed by atoms with E-state index in [0.717, 1.165) is 31.5 Å². The van der Waals surface area contributed by atoms with Crippen LogP contribution in [0.3, 0.4) is 0 Å². The Morgan fingerprint density at radius 1 is 1.19 bits per heavy atom. The van der Waals surface area contributed by atoms with Crippen LogP contribution in [0.2, 0.25) is 0 Å². The number of anilines is 1. The van der Waals surface area contributed by atoms with Gasteiger partial charge in [0.25, 0.3) is 0 Å². The molecule has 1 aromatic carbocycles. The fourth-order valence-corrected chi connectivity index (χ4v) is 3.29. The SMILES string of the molecule is CN(C)Cc1ccc(CNC(=O)C2CCCN(c3ncccn3)C2)cc1. The van der Waals surface area contributed by atoms with Gasteiger partial charge < -0.3 is 15.1 Å². The highest BCUT2D eigenvalue weighted by Crippen LogP contribution is 2.20. The number of piperidine rings is 1. The van der Waals surface area contributed by atoms with E-state index in [1.807, 2.05) is 0 Å². The highest BCUT2D eigenvalue weighted by Gasteiger charge is 2.26. The number of carbonyl (C=O) groups excluding carboxylic acids is 1. The number of benzene rings is 1. The van der Waals surface area contributed by atoms with E-state index < -0.39 is 0 Å². The number of rotatable bonds is 6. The van der Waals surface area contributed by atoms with Gasteiger partial charge >= 0.3 is 0 Å². The zero-order valence-electron chi connectivity index (χ0n) is 15.6. The second kappa shape index (κ2) is 8.76. The summed E-state index contributed by atoms with van der Waals surface area (Å²) in [6, 6.07) is 10.2. The summed E-state index contributed by atoms with van der Waals surface area (Å²) in [6.45, 7) is 3.07. The number of hydrogen-bond donors (Lipinski definition) is 1. The lowest BCUT2D eigenvalue weighted by atomic mass is 9.97. The van der Waals surface area contributed by atoms with Gasteiger partial charge in [0.15, 0.2) is 0 Å². The number of carbonyl (C=O) groups is 1. The van der Waals surface area contributed by atoms with E-state index in [-0.39, 0.29) is 11.8 Å². The van der Waals surface area contributed by atoms with Gasteiger partial charge in [0.1, 0.15) is 0 Å². The Bertz CT molecular complexity index is 702. The van der Waals surface area contributed by atoms with E-state index >= 15 is 0 Å². The molecule has 6 nitrogen and oxygen atoms in total. The van der Waals surface area contributed by atoms with Gasteiger partial charge in [-0.2, -0.15) is 0 Å². The summed E-state index contributed by atoms with van der Waals surface area (Å²) in [6.07, 6.45) is 5.38. The van der Waals surface area contributed by atoms with Crippen molar-refractivity contribution in [1.82, 2.24) is 20.2 Å². The van der Waals surface area contributed by atoms with Crippen molar-refractivity contribution < 1.29 is 4.79 Å². The summed E-state index contributed by atoms with van der Waals surface area (Å²) in [7, 11) is 4.12. The topological polar surface area (TPSA) is 61.4 Å². The average molecular weight is 353 g/mol. The summed E-state index contributed by atoms with van der Waals surface area (Å²) < 4.78 is 0. The Morgan fingerprint density at radius 3 is 2.58 bits per heavy atom. The number of nitrogens with one attached hydrogen (secondary N) is 1. The third-order valence-corrected chi connectivity index (χ3v) is 4.62. The van der Waals surface area contributed by atoms with Gasteiger partial charge in [-0.15, -0.1) is 0 Å². The molecule has 1 N–H and O–H groups in total. The van der Waals surface area contributed by atoms with Crippen molar-refractivity contribution in [3.63, 3.8) is 0 Å². The molecule has 1 amide bonds. The lowest BCUT2D eigenvalue weighted by Crippen LogP contribution is -2.43. The van der Waals surface area contributed by atoms with E-state index in [1.54, 1.807) is 18.5 Å². The van der Waals surface area contributed by atoms with Crippen LogP contribution in [0.5, 0.6) is 0 Å². The van der Waals surface area contributed by atoms with Crippen molar-refractivity contribution in [1.29, 1.82) is 0 Å². The van der Waals surface area contributed by atoms with Crippen molar-refractivity contribution in [2.45, 2.75) is 25.9 Å².